The molecular formula is C22H24F2N3O+. The third-order valence-electron chi connectivity index (χ3n) is 6.34. The summed E-state index contributed by atoms with van der Waals surface area (Å²) in [5.41, 5.74) is 2.82. The van der Waals surface area contributed by atoms with E-state index in [1.165, 1.54) is 24.1 Å². The van der Waals surface area contributed by atoms with E-state index in [0.29, 0.717) is 5.58 Å². The average molecular weight is 384 g/mol. The van der Waals surface area contributed by atoms with Crippen LogP contribution in [0.25, 0.3) is 11.0 Å². The second kappa shape index (κ2) is 6.94. The van der Waals surface area contributed by atoms with Crippen LogP contribution < -0.4 is 4.48 Å². The minimum atomic E-state index is -0.303. The molecule has 1 fully saturated rings. The summed E-state index contributed by atoms with van der Waals surface area (Å²) in [5, 5.41) is 5.30. The van der Waals surface area contributed by atoms with E-state index in [1.54, 1.807) is 18.2 Å². The van der Waals surface area contributed by atoms with Gasteiger partial charge in [0.2, 0.25) is 0 Å². The molecule has 0 saturated carbocycles. The standard InChI is InChI=1S/C22H24F2N3O/c23-18-5-4-16-14-26(15-17(16)12-18)8-11-27(9-2-1-3-10-27)22-20-7-6-19(24)13-21(20)28-25-22/h4-7,12-13H,1-3,8-11,14-15H2/q+1. The summed E-state index contributed by atoms with van der Waals surface area (Å²) in [6.07, 6.45) is 3.54. The molecule has 0 N–H and O–H groups in total. The van der Waals surface area contributed by atoms with Crippen LogP contribution >= 0.6 is 0 Å². The van der Waals surface area contributed by atoms with Gasteiger partial charge in [0, 0.05) is 25.7 Å². The lowest BCUT2D eigenvalue weighted by molar-refractivity contribution is 0.176. The van der Waals surface area contributed by atoms with E-state index in [4.69, 9.17) is 4.52 Å². The van der Waals surface area contributed by atoms with Gasteiger partial charge in [0.05, 0.1) is 19.6 Å². The maximum Gasteiger partial charge on any atom is 0.274 e. The molecule has 6 heteroatoms. The fourth-order valence-electron chi connectivity index (χ4n) is 4.82. The van der Waals surface area contributed by atoms with Crippen molar-refractivity contribution in [1.82, 2.24) is 14.5 Å². The number of halogens is 2. The number of nitrogens with zero attached hydrogens (tertiary/aromatic N) is 3. The van der Waals surface area contributed by atoms with Crippen LogP contribution in [-0.2, 0) is 13.1 Å². The minimum absolute atomic E-state index is 0.165. The smallest absolute Gasteiger partial charge is 0.274 e. The van der Waals surface area contributed by atoms with E-state index in [9.17, 15) is 8.78 Å². The Morgan fingerprint density at radius 1 is 0.929 bits per heavy atom. The van der Waals surface area contributed by atoms with Crippen molar-refractivity contribution in [2.45, 2.75) is 32.4 Å². The highest BCUT2D eigenvalue weighted by molar-refractivity contribution is 5.87. The van der Waals surface area contributed by atoms with Gasteiger partial charge in [-0.25, -0.2) is 8.78 Å². The molecule has 0 spiro atoms. The van der Waals surface area contributed by atoms with E-state index in [0.717, 1.165) is 73.4 Å². The molecule has 3 heterocycles. The molecule has 2 aliphatic rings. The molecular weight excluding hydrogens is 360 g/mol. The maximum atomic E-state index is 13.6. The first-order chi connectivity index (χ1) is 13.6. The normalized spacial score (nSPS) is 19.2. The molecule has 146 valence electrons. The van der Waals surface area contributed by atoms with Gasteiger partial charge in [0.1, 0.15) is 17.0 Å². The quantitative estimate of drug-likeness (QED) is 0.615. The van der Waals surface area contributed by atoms with Crippen LogP contribution in [0.1, 0.15) is 30.4 Å². The van der Waals surface area contributed by atoms with Crippen molar-refractivity contribution < 1.29 is 13.3 Å². The van der Waals surface area contributed by atoms with E-state index >= 15 is 0 Å². The number of fused-ring (bicyclic) bond motifs is 2. The Morgan fingerprint density at radius 3 is 2.54 bits per heavy atom. The van der Waals surface area contributed by atoms with Gasteiger partial charge < -0.3 is 4.52 Å². The molecule has 3 aromatic rings. The van der Waals surface area contributed by atoms with Gasteiger partial charge >= 0.3 is 0 Å². The van der Waals surface area contributed by atoms with Crippen molar-refractivity contribution >= 4 is 16.8 Å². The van der Waals surface area contributed by atoms with Crippen LogP contribution in [0.2, 0.25) is 0 Å². The number of rotatable bonds is 4. The molecule has 1 aromatic heterocycles. The average Bonchev–Trinajstić information content (AvgIpc) is 3.30. The molecule has 0 unspecified atom stereocenters. The number of aromatic nitrogens is 1. The third kappa shape index (κ3) is 3.10. The van der Waals surface area contributed by atoms with Gasteiger partial charge in [0.25, 0.3) is 5.82 Å². The molecule has 0 atom stereocenters. The van der Waals surface area contributed by atoms with Crippen LogP contribution in [0.15, 0.2) is 40.9 Å². The molecule has 2 aliphatic heterocycles. The van der Waals surface area contributed by atoms with Crippen LogP contribution in [0.4, 0.5) is 14.6 Å². The van der Waals surface area contributed by atoms with Gasteiger partial charge in [0.15, 0.2) is 5.58 Å². The minimum Gasteiger partial charge on any atom is -0.351 e. The van der Waals surface area contributed by atoms with E-state index in [1.807, 2.05) is 6.07 Å². The SMILES string of the molecule is Fc1ccc2c(c1)CN(CC[N+]1(c3noc4cc(F)ccc34)CCCCC1)C2. The summed E-state index contributed by atoms with van der Waals surface area (Å²) < 4.78 is 33.4. The van der Waals surface area contributed by atoms with Gasteiger partial charge in [-0.2, -0.15) is 0 Å². The Morgan fingerprint density at radius 2 is 1.68 bits per heavy atom. The highest BCUT2D eigenvalue weighted by atomic mass is 19.1. The monoisotopic (exact) mass is 384 g/mol. The predicted molar refractivity (Wildman–Crippen MR) is 105 cm³/mol. The maximum absolute atomic E-state index is 13.6. The van der Waals surface area contributed by atoms with Crippen molar-refractivity contribution in [1.29, 1.82) is 0 Å². The Kier molecular flexibility index (Phi) is 4.40. The lowest BCUT2D eigenvalue weighted by Crippen LogP contribution is -2.56. The number of quaternary nitrogens is 1. The van der Waals surface area contributed by atoms with E-state index in [2.05, 4.69) is 10.1 Å². The zero-order chi connectivity index (χ0) is 19.1. The first-order valence-electron chi connectivity index (χ1n) is 10.0. The molecule has 28 heavy (non-hydrogen) atoms. The van der Waals surface area contributed by atoms with Gasteiger partial charge in [-0.05, 0) is 59.8 Å². The Balaban J connectivity index is 1.40. The summed E-state index contributed by atoms with van der Waals surface area (Å²) in [4.78, 5) is 2.38. The van der Waals surface area contributed by atoms with Crippen molar-refractivity contribution in [3.05, 3.63) is 59.2 Å². The molecule has 0 radical (unpaired) electrons. The van der Waals surface area contributed by atoms with Crippen LogP contribution in [0, 0.1) is 11.6 Å². The largest absolute Gasteiger partial charge is 0.351 e. The number of hydrogen-bond acceptors (Lipinski definition) is 3. The number of benzene rings is 2. The highest BCUT2D eigenvalue weighted by Crippen LogP contribution is 2.35. The fraction of sp³-hybridized carbons (Fsp3) is 0.409. The van der Waals surface area contributed by atoms with Crippen LogP contribution in [0.3, 0.4) is 0 Å². The van der Waals surface area contributed by atoms with Crippen molar-refractivity contribution in [3.63, 3.8) is 0 Å². The first kappa shape index (κ1) is 17.8. The molecule has 2 aromatic carbocycles. The Bertz CT molecular complexity index is 1010. The van der Waals surface area contributed by atoms with E-state index in [-0.39, 0.29) is 11.6 Å². The summed E-state index contributed by atoms with van der Waals surface area (Å²) >= 11 is 0. The third-order valence-corrected chi connectivity index (χ3v) is 6.34. The summed E-state index contributed by atoms with van der Waals surface area (Å²) in [7, 11) is 0. The van der Waals surface area contributed by atoms with E-state index < -0.39 is 0 Å². The van der Waals surface area contributed by atoms with Crippen molar-refractivity contribution in [2.24, 2.45) is 0 Å². The molecule has 5 rings (SSSR count). The molecule has 4 nitrogen and oxygen atoms in total. The first-order valence-corrected chi connectivity index (χ1v) is 10.0. The van der Waals surface area contributed by atoms with Crippen LogP contribution in [-0.4, -0.2) is 36.2 Å². The summed E-state index contributed by atoms with van der Waals surface area (Å²) in [5.74, 6) is 0.460. The fourth-order valence-corrected chi connectivity index (χ4v) is 4.82. The zero-order valence-corrected chi connectivity index (χ0v) is 15.8. The number of piperidine rings is 1. The Labute approximate surface area is 162 Å². The molecule has 0 aliphatic carbocycles. The highest BCUT2D eigenvalue weighted by Gasteiger charge is 2.38. The molecule has 0 amide bonds. The van der Waals surface area contributed by atoms with Gasteiger partial charge in [-0.1, -0.05) is 6.07 Å². The second-order valence-electron chi connectivity index (χ2n) is 8.15. The lowest BCUT2D eigenvalue weighted by atomic mass is 10.1. The van der Waals surface area contributed by atoms with Gasteiger partial charge in [-0.15, -0.1) is 0 Å². The Hall–Kier alpha value is -2.31. The predicted octanol–water partition coefficient (Wildman–Crippen LogP) is 4.61. The summed E-state index contributed by atoms with van der Waals surface area (Å²) in [6.45, 7) is 5.53. The number of likely N-dealkylation sites (tertiary alicyclic amines) is 1. The topological polar surface area (TPSA) is 29.3 Å². The molecule has 1 saturated heterocycles. The summed E-state index contributed by atoms with van der Waals surface area (Å²) in [6, 6.07) is 9.78. The van der Waals surface area contributed by atoms with Gasteiger partial charge in [-0.3, -0.25) is 9.38 Å². The second-order valence-corrected chi connectivity index (χ2v) is 8.15. The van der Waals surface area contributed by atoms with Crippen molar-refractivity contribution in [2.75, 3.05) is 26.2 Å². The number of hydrogen-bond donors (Lipinski definition) is 0. The zero-order valence-electron chi connectivity index (χ0n) is 15.8. The van der Waals surface area contributed by atoms with Crippen molar-refractivity contribution in [3.8, 4) is 0 Å². The molecule has 0 bridgehead atoms. The lowest BCUT2D eigenvalue weighted by Gasteiger charge is -2.39. The van der Waals surface area contributed by atoms with Crippen LogP contribution in [0.5, 0.6) is 0 Å².